The van der Waals surface area contributed by atoms with Crippen molar-refractivity contribution in [2.24, 2.45) is 0 Å². The van der Waals surface area contributed by atoms with Crippen molar-refractivity contribution in [1.82, 2.24) is 0 Å². The molecule has 0 bridgehead atoms. The van der Waals surface area contributed by atoms with Gasteiger partial charge in [0.1, 0.15) is 5.75 Å². The maximum absolute atomic E-state index is 12.3. The van der Waals surface area contributed by atoms with Crippen molar-refractivity contribution in [3.8, 4) is 5.75 Å². The molecule has 4 heteroatoms. The Labute approximate surface area is 128 Å². The average Bonchev–Trinajstić information content (AvgIpc) is 2.42. The highest BCUT2D eigenvalue weighted by molar-refractivity contribution is 6.69. The number of hydrogen-bond donors (Lipinski definition) is 0. The summed E-state index contributed by atoms with van der Waals surface area (Å²) in [4.78, 5) is 12.3. The van der Waals surface area contributed by atoms with Gasteiger partial charge in [-0.05, 0) is 56.3 Å². The zero-order chi connectivity index (χ0) is 15.5. The fourth-order valence-corrected chi connectivity index (χ4v) is 3.63. The Kier molecular flexibility index (Phi) is 5.01. The van der Waals surface area contributed by atoms with Gasteiger partial charge in [0.15, 0.2) is 14.1 Å². The molecule has 0 heterocycles. The third kappa shape index (κ3) is 4.54. The predicted octanol–water partition coefficient (Wildman–Crippen LogP) is 4.05. The Morgan fingerprint density at radius 1 is 1.19 bits per heavy atom. The number of ketones is 1. The van der Waals surface area contributed by atoms with Crippen LogP contribution in [0.25, 0.3) is 6.08 Å². The lowest BCUT2D eigenvalue weighted by Gasteiger charge is -2.30. The van der Waals surface area contributed by atoms with Crippen LogP contribution in [0, 0.1) is 0 Å². The molecule has 1 aromatic rings. The van der Waals surface area contributed by atoms with Gasteiger partial charge in [0.2, 0.25) is 0 Å². The molecule has 2 rings (SSSR count). The molecule has 0 amide bonds. The number of ether oxygens (including phenoxy) is 1. The topological polar surface area (TPSA) is 35.5 Å². The molecule has 21 heavy (non-hydrogen) atoms. The molecule has 114 valence electrons. The normalized spacial score (nSPS) is 21.6. The smallest absolute Gasteiger partial charge is 0.184 e. The Hall–Kier alpha value is -1.39. The van der Waals surface area contributed by atoms with E-state index in [4.69, 9.17) is 9.16 Å². The van der Waals surface area contributed by atoms with Crippen LogP contribution in [0.15, 0.2) is 29.8 Å². The number of hydrogen-bond acceptors (Lipinski definition) is 3. The second kappa shape index (κ2) is 6.58. The summed E-state index contributed by atoms with van der Waals surface area (Å²) in [7, 11) is -0.0122. The summed E-state index contributed by atoms with van der Waals surface area (Å²) < 4.78 is 11.4. The quantitative estimate of drug-likeness (QED) is 0.622. The minimum atomic E-state index is -1.66. The Morgan fingerprint density at radius 2 is 1.86 bits per heavy atom. The Balaban J connectivity index is 2.25. The summed E-state index contributed by atoms with van der Waals surface area (Å²) in [5, 5.41) is 0. The highest BCUT2D eigenvalue weighted by Crippen LogP contribution is 2.28. The van der Waals surface area contributed by atoms with Crippen LogP contribution in [0.2, 0.25) is 19.6 Å². The SMILES string of the molecule is COc1ccc(C=C2C(=O)CCCC2O[Si](C)(C)C)cc1. The summed E-state index contributed by atoms with van der Waals surface area (Å²) in [6.07, 6.45) is 4.44. The number of Topliss-reactive ketones (excluding diaryl/α,β-unsaturated/α-hetero) is 1. The van der Waals surface area contributed by atoms with Crippen LogP contribution in [0.4, 0.5) is 0 Å². The van der Waals surface area contributed by atoms with E-state index in [0.29, 0.717) is 6.42 Å². The Bertz CT molecular complexity index is 526. The molecule has 3 nitrogen and oxygen atoms in total. The molecule has 1 aromatic carbocycles. The van der Waals surface area contributed by atoms with E-state index >= 15 is 0 Å². The average molecular weight is 304 g/mol. The van der Waals surface area contributed by atoms with Crippen molar-refractivity contribution in [2.45, 2.75) is 45.0 Å². The third-order valence-corrected chi connectivity index (χ3v) is 4.46. The van der Waals surface area contributed by atoms with Crippen LogP contribution < -0.4 is 4.74 Å². The van der Waals surface area contributed by atoms with Crippen LogP contribution in [-0.2, 0) is 9.22 Å². The molecule has 0 aromatic heterocycles. The molecule has 1 saturated carbocycles. The van der Waals surface area contributed by atoms with Gasteiger partial charge in [-0.3, -0.25) is 4.79 Å². The number of rotatable bonds is 4. The van der Waals surface area contributed by atoms with E-state index in [2.05, 4.69) is 19.6 Å². The van der Waals surface area contributed by atoms with Crippen molar-refractivity contribution < 1.29 is 14.0 Å². The lowest BCUT2D eigenvalue weighted by molar-refractivity contribution is -0.117. The first-order chi connectivity index (χ1) is 9.89. The maximum Gasteiger partial charge on any atom is 0.184 e. The lowest BCUT2D eigenvalue weighted by Crippen LogP contribution is -2.36. The van der Waals surface area contributed by atoms with E-state index in [1.165, 1.54) is 0 Å². The molecule has 1 fully saturated rings. The van der Waals surface area contributed by atoms with E-state index in [0.717, 1.165) is 29.7 Å². The van der Waals surface area contributed by atoms with E-state index < -0.39 is 8.32 Å². The monoisotopic (exact) mass is 304 g/mol. The van der Waals surface area contributed by atoms with Crippen molar-refractivity contribution in [3.05, 3.63) is 35.4 Å². The summed E-state index contributed by atoms with van der Waals surface area (Å²) >= 11 is 0. The molecule has 0 spiro atoms. The van der Waals surface area contributed by atoms with Crippen molar-refractivity contribution >= 4 is 20.2 Å². The fraction of sp³-hybridized carbons (Fsp3) is 0.471. The molecular weight excluding hydrogens is 280 g/mol. The zero-order valence-electron chi connectivity index (χ0n) is 13.3. The molecule has 1 atom stereocenters. The zero-order valence-corrected chi connectivity index (χ0v) is 14.3. The molecule has 1 aliphatic rings. The molecule has 1 unspecified atom stereocenters. The standard InChI is InChI=1S/C17H24O3Si/c1-19-14-10-8-13(9-11-14)12-15-16(18)6-5-7-17(15)20-21(2,3)4/h8-12,17H,5-7H2,1-4H3. The molecule has 0 aliphatic heterocycles. The van der Waals surface area contributed by atoms with E-state index in [1.54, 1.807) is 7.11 Å². The van der Waals surface area contributed by atoms with Crippen LogP contribution in [-0.4, -0.2) is 27.3 Å². The molecular formula is C17H24O3Si. The minimum Gasteiger partial charge on any atom is -0.497 e. The number of benzene rings is 1. The van der Waals surface area contributed by atoms with Crippen molar-refractivity contribution in [1.29, 1.82) is 0 Å². The van der Waals surface area contributed by atoms with Gasteiger partial charge >= 0.3 is 0 Å². The van der Waals surface area contributed by atoms with Gasteiger partial charge in [-0.2, -0.15) is 0 Å². The molecule has 0 N–H and O–H groups in total. The van der Waals surface area contributed by atoms with Crippen LogP contribution in [0.1, 0.15) is 24.8 Å². The third-order valence-electron chi connectivity index (χ3n) is 3.47. The maximum atomic E-state index is 12.3. The highest BCUT2D eigenvalue weighted by atomic mass is 28.4. The van der Waals surface area contributed by atoms with Gasteiger partial charge in [0.25, 0.3) is 0 Å². The number of carbonyl (C=O) groups is 1. The summed E-state index contributed by atoms with van der Waals surface area (Å²) in [5.74, 6) is 1.04. The van der Waals surface area contributed by atoms with E-state index in [9.17, 15) is 4.79 Å². The highest BCUT2D eigenvalue weighted by Gasteiger charge is 2.30. The largest absolute Gasteiger partial charge is 0.497 e. The van der Waals surface area contributed by atoms with Crippen molar-refractivity contribution in [2.75, 3.05) is 7.11 Å². The number of methoxy groups -OCH3 is 1. The fourth-order valence-electron chi connectivity index (χ4n) is 2.53. The molecule has 1 aliphatic carbocycles. The van der Waals surface area contributed by atoms with Crippen LogP contribution in [0.5, 0.6) is 5.75 Å². The molecule has 0 radical (unpaired) electrons. The lowest BCUT2D eigenvalue weighted by atomic mass is 9.89. The van der Waals surface area contributed by atoms with Gasteiger partial charge < -0.3 is 9.16 Å². The van der Waals surface area contributed by atoms with Crippen LogP contribution in [0.3, 0.4) is 0 Å². The second-order valence-electron chi connectivity index (χ2n) is 6.41. The molecule has 0 saturated heterocycles. The van der Waals surface area contributed by atoms with Gasteiger partial charge in [0, 0.05) is 12.0 Å². The predicted molar refractivity (Wildman–Crippen MR) is 88.0 cm³/mol. The summed E-state index contributed by atoms with van der Waals surface area (Å²) in [6.45, 7) is 6.49. The van der Waals surface area contributed by atoms with Gasteiger partial charge in [-0.25, -0.2) is 0 Å². The van der Waals surface area contributed by atoms with Crippen LogP contribution >= 0.6 is 0 Å². The summed E-state index contributed by atoms with van der Waals surface area (Å²) in [5.41, 5.74) is 1.85. The first kappa shape index (κ1) is 16.0. The van der Waals surface area contributed by atoms with E-state index in [1.807, 2.05) is 30.3 Å². The first-order valence-corrected chi connectivity index (χ1v) is 10.9. The number of carbonyl (C=O) groups excluding carboxylic acids is 1. The second-order valence-corrected chi connectivity index (χ2v) is 10.9. The van der Waals surface area contributed by atoms with Gasteiger partial charge in [-0.15, -0.1) is 0 Å². The summed E-state index contributed by atoms with van der Waals surface area (Å²) in [6, 6.07) is 7.76. The minimum absolute atomic E-state index is 0.0416. The first-order valence-electron chi connectivity index (χ1n) is 7.46. The van der Waals surface area contributed by atoms with E-state index in [-0.39, 0.29) is 11.9 Å². The Morgan fingerprint density at radius 3 is 2.43 bits per heavy atom. The van der Waals surface area contributed by atoms with Gasteiger partial charge in [0.05, 0.1) is 13.2 Å². The van der Waals surface area contributed by atoms with Crippen molar-refractivity contribution in [3.63, 3.8) is 0 Å². The van der Waals surface area contributed by atoms with Gasteiger partial charge in [-0.1, -0.05) is 12.1 Å².